The molecule has 0 radical (unpaired) electrons. The molecule has 2 aromatic carbocycles. The van der Waals surface area contributed by atoms with E-state index in [0.29, 0.717) is 50.6 Å². The zero-order chi connectivity index (χ0) is 34.3. The molecule has 2 N–H and O–H groups in total. The molecular formula is C34H34F2N6O3. The van der Waals surface area contributed by atoms with Gasteiger partial charge >= 0.3 is 6.01 Å². The number of aromatic nitrogens is 3. The number of benzene rings is 2. The van der Waals surface area contributed by atoms with Gasteiger partial charge in [-0.2, -0.15) is 9.97 Å². The van der Waals surface area contributed by atoms with E-state index in [4.69, 9.17) is 21.4 Å². The van der Waals surface area contributed by atoms with Gasteiger partial charge in [0, 0.05) is 70.1 Å². The molecule has 0 spiro atoms. The number of morpholine rings is 1. The van der Waals surface area contributed by atoms with E-state index in [-0.39, 0.29) is 63.8 Å². The molecule has 0 unspecified atom stereocenters. The summed E-state index contributed by atoms with van der Waals surface area (Å²) in [6, 6.07) is 5.19. The van der Waals surface area contributed by atoms with Gasteiger partial charge < -0.3 is 24.8 Å². The van der Waals surface area contributed by atoms with Crippen molar-refractivity contribution in [1.82, 2.24) is 25.2 Å². The number of nitrogens with one attached hydrogen (secondary N) is 1. The summed E-state index contributed by atoms with van der Waals surface area (Å²) in [7, 11) is 0. The van der Waals surface area contributed by atoms with Crippen molar-refractivity contribution < 1.29 is 28.8 Å². The van der Waals surface area contributed by atoms with Crippen molar-refractivity contribution in [3.8, 4) is 35.4 Å². The maximum atomic E-state index is 16.9. The molecule has 1 aliphatic carbocycles. The largest absolute Gasteiger partial charge is 0.508 e. The van der Waals surface area contributed by atoms with Crippen LogP contribution < -0.4 is 15.0 Å². The van der Waals surface area contributed by atoms with Crippen molar-refractivity contribution in [1.29, 1.82) is 0 Å². The van der Waals surface area contributed by atoms with Crippen LogP contribution in [0.3, 0.4) is 0 Å². The Bertz CT molecular complexity index is 2020. The van der Waals surface area contributed by atoms with Crippen molar-refractivity contribution in [2.75, 3.05) is 57.3 Å². The third kappa shape index (κ3) is 5.21. The number of phenols is 1. The van der Waals surface area contributed by atoms with Crippen molar-refractivity contribution >= 4 is 27.5 Å². The number of hydrogen-bond acceptors (Lipinski definition) is 9. The summed E-state index contributed by atoms with van der Waals surface area (Å²) >= 11 is 0. The fraction of sp³-hybridized carbons (Fsp3) is 0.441. The van der Waals surface area contributed by atoms with Gasteiger partial charge in [-0.25, -0.2) is 8.78 Å². The van der Waals surface area contributed by atoms with Gasteiger partial charge in [-0.3, -0.25) is 9.88 Å². The highest BCUT2D eigenvalue weighted by atomic mass is 19.1. The summed E-state index contributed by atoms with van der Waals surface area (Å²) in [6.07, 6.45) is 9.47. The van der Waals surface area contributed by atoms with Crippen molar-refractivity contribution in [3.63, 3.8) is 0 Å². The number of pyridine rings is 1. The van der Waals surface area contributed by atoms with E-state index in [9.17, 15) is 9.50 Å². The molecule has 3 aliphatic heterocycles. The predicted octanol–water partition coefficient (Wildman–Crippen LogP) is 4.24. The van der Waals surface area contributed by atoms with Gasteiger partial charge in [0.1, 0.15) is 28.6 Å². The highest BCUT2D eigenvalue weighted by Gasteiger charge is 2.45. The normalized spacial score (nSPS) is 24.5. The smallest absolute Gasteiger partial charge is 0.319 e. The van der Waals surface area contributed by atoms with Crippen LogP contribution in [0.1, 0.15) is 36.7 Å². The number of nitrogens with zero attached hydrogens (tertiary/aromatic N) is 5. The van der Waals surface area contributed by atoms with Gasteiger partial charge in [0.05, 0.1) is 33.5 Å². The van der Waals surface area contributed by atoms with Crippen molar-refractivity contribution in [2.45, 2.75) is 37.8 Å². The minimum atomic E-state index is -2.57. The average Bonchev–Trinajstić information content (AvgIpc) is 3.86. The second kappa shape index (κ2) is 11.1. The van der Waals surface area contributed by atoms with E-state index in [1.807, 2.05) is 4.90 Å². The van der Waals surface area contributed by atoms with E-state index in [0.717, 1.165) is 12.8 Å². The van der Waals surface area contributed by atoms with Crippen LogP contribution in [0, 0.1) is 29.4 Å². The molecule has 2 aromatic heterocycles. The first-order chi connectivity index (χ1) is 23.4. The molecule has 5 heterocycles. The Kier molecular flexibility index (Phi) is 5.93. The Morgan fingerprint density at radius 1 is 1.16 bits per heavy atom. The Balaban J connectivity index is 1.27. The number of halogens is 2. The molecule has 2 atom stereocenters. The molecule has 2 bridgehead atoms. The van der Waals surface area contributed by atoms with E-state index in [2.05, 4.69) is 26.2 Å². The third-order valence-electron chi connectivity index (χ3n) is 9.08. The summed E-state index contributed by atoms with van der Waals surface area (Å²) in [5.74, 6) is 0.822. The molecule has 45 heavy (non-hydrogen) atoms. The number of anilines is 1. The van der Waals surface area contributed by atoms with Gasteiger partial charge in [-0.15, -0.1) is 6.42 Å². The highest BCUT2D eigenvalue weighted by molar-refractivity contribution is 6.03. The quantitative estimate of drug-likeness (QED) is 0.296. The Morgan fingerprint density at radius 3 is 2.67 bits per heavy atom. The topological polar surface area (TPSA) is 95.9 Å². The van der Waals surface area contributed by atoms with Crippen LogP contribution in [-0.4, -0.2) is 89.5 Å². The molecule has 9 nitrogen and oxygen atoms in total. The van der Waals surface area contributed by atoms with Gasteiger partial charge in [-0.1, -0.05) is 12.0 Å². The number of aromatic hydroxyl groups is 1. The molecule has 4 fully saturated rings. The van der Waals surface area contributed by atoms with Crippen LogP contribution in [-0.2, 0) is 4.74 Å². The van der Waals surface area contributed by atoms with Gasteiger partial charge in [0.2, 0.25) is 0 Å². The number of piperazine rings is 1. The summed E-state index contributed by atoms with van der Waals surface area (Å²) in [5, 5.41) is 14.9. The summed E-state index contributed by atoms with van der Waals surface area (Å²) < 4.78 is 79.3. The maximum Gasteiger partial charge on any atom is 0.319 e. The Morgan fingerprint density at radius 2 is 1.93 bits per heavy atom. The monoisotopic (exact) mass is 616 g/mol. The van der Waals surface area contributed by atoms with Crippen LogP contribution in [0.5, 0.6) is 11.8 Å². The molecule has 0 amide bonds. The van der Waals surface area contributed by atoms with E-state index in [1.54, 1.807) is 4.90 Å². The summed E-state index contributed by atoms with van der Waals surface area (Å²) in [4.78, 5) is 17.0. The SMILES string of the molecule is [2H]C([2H])(Oc1nc(N2C[C@H]3CC[C@@H](C2)N3)c2cnc(-c3cc(O)cc4ccc(F)c(C#C)c34)c(F)c2n1)C1(C([2H])([2H])N2CCOCC2)CC1. The molecule has 3 saturated heterocycles. The zero-order valence-corrected chi connectivity index (χ0v) is 24.4. The Hall–Kier alpha value is -4.11. The van der Waals surface area contributed by atoms with E-state index in [1.165, 1.54) is 30.5 Å². The van der Waals surface area contributed by atoms with E-state index < -0.39 is 36.1 Å². The van der Waals surface area contributed by atoms with Gasteiger partial charge in [0.15, 0.2) is 5.82 Å². The summed E-state index contributed by atoms with van der Waals surface area (Å²) in [6.45, 7) is -2.24. The number of phenolic OH excluding ortho intramolecular Hbond substituents is 1. The minimum Gasteiger partial charge on any atom is -0.508 e. The van der Waals surface area contributed by atoms with Gasteiger partial charge in [0.25, 0.3) is 0 Å². The molecule has 4 aromatic rings. The first kappa shape index (κ1) is 24.2. The fourth-order valence-electron chi connectivity index (χ4n) is 6.70. The standard InChI is InChI=1S/C34H34F2N6O3/c1-2-24-27(35)6-3-20-13-23(43)14-25(28(20)24)30-29(36)31-26(15-37-30)32(42-16-21-4-5-22(17-42)38-21)40-33(39-31)45-19-34(7-8-34)18-41-9-11-44-12-10-41/h1,3,6,13-15,21-22,38,43H,4-5,7-12,16-19H2/t21-,22+/i18D2,19D2. The van der Waals surface area contributed by atoms with Crippen molar-refractivity contribution in [3.05, 3.63) is 47.7 Å². The van der Waals surface area contributed by atoms with Crippen LogP contribution in [0.25, 0.3) is 32.9 Å². The van der Waals surface area contributed by atoms with Crippen molar-refractivity contribution in [2.24, 2.45) is 5.41 Å². The molecule has 11 heteroatoms. The number of rotatable bonds is 7. The molecule has 4 aliphatic rings. The zero-order valence-electron chi connectivity index (χ0n) is 28.4. The molecule has 8 rings (SSSR count). The first-order valence-corrected chi connectivity index (χ1v) is 15.2. The molecule has 1 saturated carbocycles. The fourth-order valence-corrected chi connectivity index (χ4v) is 6.70. The highest BCUT2D eigenvalue weighted by Crippen LogP contribution is 2.47. The van der Waals surface area contributed by atoms with Crippen LogP contribution in [0.15, 0.2) is 30.5 Å². The first-order valence-electron chi connectivity index (χ1n) is 17.2. The molecular weight excluding hydrogens is 578 g/mol. The lowest BCUT2D eigenvalue weighted by Crippen LogP contribution is -2.51. The van der Waals surface area contributed by atoms with Gasteiger partial charge in [-0.05, 0) is 49.3 Å². The number of hydrogen-bond donors (Lipinski definition) is 2. The van der Waals surface area contributed by atoms with Crippen LogP contribution in [0.2, 0.25) is 0 Å². The minimum absolute atomic E-state index is 0.0515. The number of fused-ring (bicyclic) bond motifs is 4. The third-order valence-corrected chi connectivity index (χ3v) is 9.08. The second-order valence-corrected chi connectivity index (χ2v) is 12.2. The molecule has 232 valence electrons. The predicted molar refractivity (Wildman–Crippen MR) is 166 cm³/mol. The Labute approximate surface area is 265 Å². The summed E-state index contributed by atoms with van der Waals surface area (Å²) in [5.41, 5.74) is -2.06. The lowest BCUT2D eigenvalue weighted by atomic mass is 9.96. The lowest BCUT2D eigenvalue weighted by molar-refractivity contribution is 0.0231. The number of ether oxygens (including phenoxy) is 2. The number of terminal acetylenes is 1. The maximum absolute atomic E-state index is 16.9. The van der Waals surface area contributed by atoms with Crippen LogP contribution in [0.4, 0.5) is 14.6 Å². The van der Waals surface area contributed by atoms with Crippen LogP contribution >= 0.6 is 0 Å². The van der Waals surface area contributed by atoms with E-state index >= 15 is 4.39 Å². The second-order valence-electron chi connectivity index (χ2n) is 12.2. The average molecular weight is 617 g/mol. The lowest BCUT2D eigenvalue weighted by Gasteiger charge is -2.34.